The Labute approximate surface area is 205 Å². The lowest BCUT2D eigenvalue weighted by Crippen LogP contribution is -2.34. The van der Waals surface area contributed by atoms with E-state index in [9.17, 15) is 4.79 Å². The second kappa shape index (κ2) is 9.84. The summed E-state index contributed by atoms with van der Waals surface area (Å²) in [6.45, 7) is 4.27. The number of hydrogen-bond donors (Lipinski definition) is 0. The van der Waals surface area contributed by atoms with Gasteiger partial charge in [0.25, 0.3) is 5.91 Å². The molecule has 0 unspecified atom stereocenters. The van der Waals surface area contributed by atoms with E-state index in [-0.39, 0.29) is 5.91 Å². The van der Waals surface area contributed by atoms with Crippen LogP contribution in [-0.2, 0) is 26.1 Å². The van der Waals surface area contributed by atoms with Crippen molar-refractivity contribution in [3.8, 4) is 0 Å². The minimum Gasteiger partial charge on any atom is -0.330 e. The number of fused-ring (bicyclic) bond motifs is 1. The zero-order valence-electron chi connectivity index (χ0n) is 18.5. The molecule has 0 spiro atoms. The van der Waals surface area contributed by atoms with Crippen molar-refractivity contribution < 1.29 is 4.79 Å². The van der Waals surface area contributed by atoms with E-state index in [0.717, 1.165) is 42.9 Å². The highest BCUT2D eigenvalue weighted by Gasteiger charge is 2.30. The molecule has 2 aliphatic rings. The molecular weight excluding hydrogens is 453 g/mol. The van der Waals surface area contributed by atoms with Gasteiger partial charge in [-0.2, -0.15) is 0 Å². The maximum Gasteiger partial charge on any atom is 0.256 e. The van der Waals surface area contributed by atoms with Gasteiger partial charge in [-0.3, -0.25) is 14.7 Å². The van der Waals surface area contributed by atoms with Crippen LogP contribution in [0.2, 0.25) is 10.0 Å². The van der Waals surface area contributed by atoms with Gasteiger partial charge in [0.1, 0.15) is 0 Å². The van der Waals surface area contributed by atoms with E-state index in [4.69, 9.17) is 23.2 Å². The van der Waals surface area contributed by atoms with Crippen molar-refractivity contribution in [1.82, 2.24) is 14.8 Å². The van der Waals surface area contributed by atoms with E-state index in [0.29, 0.717) is 34.6 Å². The Morgan fingerprint density at radius 1 is 0.939 bits per heavy atom. The van der Waals surface area contributed by atoms with Gasteiger partial charge < -0.3 is 4.90 Å². The monoisotopic (exact) mass is 479 g/mol. The summed E-state index contributed by atoms with van der Waals surface area (Å²) < 4.78 is 0. The number of likely N-dealkylation sites (tertiary alicyclic amines) is 1. The zero-order chi connectivity index (χ0) is 22.8. The van der Waals surface area contributed by atoms with Crippen LogP contribution in [0.4, 0.5) is 0 Å². The maximum absolute atomic E-state index is 13.0. The molecule has 33 heavy (non-hydrogen) atoms. The van der Waals surface area contributed by atoms with Gasteiger partial charge in [0.2, 0.25) is 0 Å². The highest BCUT2D eigenvalue weighted by molar-refractivity contribution is 6.34. The van der Waals surface area contributed by atoms with Gasteiger partial charge in [-0.1, -0.05) is 47.5 Å². The summed E-state index contributed by atoms with van der Waals surface area (Å²) in [7, 11) is 0. The van der Waals surface area contributed by atoms with Crippen LogP contribution in [0.5, 0.6) is 0 Å². The van der Waals surface area contributed by atoms with Gasteiger partial charge in [-0.25, -0.2) is 0 Å². The van der Waals surface area contributed by atoms with Crippen molar-refractivity contribution >= 4 is 29.1 Å². The molecule has 0 atom stereocenters. The summed E-state index contributed by atoms with van der Waals surface area (Å²) >= 11 is 12.6. The summed E-state index contributed by atoms with van der Waals surface area (Å²) in [6.07, 6.45) is 5.21. The number of hydrogen-bond acceptors (Lipinski definition) is 3. The standard InChI is InChI=1S/C27H27Cl2N3O/c28-23-6-4-20(5-7-23)16-32-17-22-14-21(15-25(29)26(22)27(32)33)13-19-8-11-31(12-9-19)18-24-3-1-2-10-30-24/h1-7,10,14-15,19H,8-9,11-13,16-18H2. The summed E-state index contributed by atoms with van der Waals surface area (Å²) in [5.41, 5.74) is 5.15. The minimum atomic E-state index is 0.0133. The SMILES string of the molecule is O=C1c2c(Cl)cc(CC3CCN(Cc4ccccn4)CC3)cc2CN1Cc1ccc(Cl)cc1. The third kappa shape index (κ3) is 5.24. The van der Waals surface area contributed by atoms with Gasteiger partial charge in [0, 0.05) is 30.9 Å². The Hall–Kier alpha value is -2.40. The van der Waals surface area contributed by atoms with Crippen molar-refractivity contribution in [3.05, 3.63) is 98.8 Å². The molecule has 3 heterocycles. The number of carbonyl (C=O) groups excluding carboxylic acids is 1. The van der Waals surface area contributed by atoms with Gasteiger partial charge >= 0.3 is 0 Å². The Morgan fingerprint density at radius 3 is 2.45 bits per heavy atom. The fourth-order valence-electron chi connectivity index (χ4n) is 4.98. The van der Waals surface area contributed by atoms with Crippen LogP contribution in [0.15, 0.2) is 60.8 Å². The quantitative estimate of drug-likeness (QED) is 0.434. The molecule has 4 nitrogen and oxygen atoms in total. The summed E-state index contributed by atoms with van der Waals surface area (Å²) in [5.74, 6) is 0.653. The number of nitrogens with zero attached hydrogens (tertiary/aromatic N) is 3. The average Bonchev–Trinajstić information content (AvgIpc) is 3.13. The third-order valence-electron chi connectivity index (χ3n) is 6.72. The van der Waals surface area contributed by atoms with E-state index in [1.165, 1.54) is 18.4 Å². The molecule has 3 aromatic rings. The second-order valence-electron chi connectivity index (χ2n) is 9.14. The number of rotatable bonds is 6. The van der Waals surface area contributed by atoms with Gasteiger partial charge in [0.15, 0.2) is 0 Å². The lowest BCUT2D eigenvalue weighted by atomic mass is 9.89. The smallest absolute Gasteiger partial charge is 0.256 e. The number of piperidine rings is 1. The fourth-order valence-corrected chi connectivity index (χ4v) is 5.45. The Morgan fingerprint density at radius 2 is 1.73 bits per heavy atom. The first-order valence-corrected chi connectivity index (χ1v) is 12.3. The van der Waals surface area contributed by atoms with Crippen LogP contribution in [0.25, 0.3) is 0 Å². The number of amides is 1. The topological polar surface area (TPSA) is 36.4 Å². The van der Waals surface area contributed by atoms with E-state index >= 15 is 0 Å². The Bertz CT molecular complexity index is 1130. The summed E-state index contributed by atoms with van der Waals surface area (Å²) in [6, 6.07) is 17.9. The molecule has 1 saturated heterocycles. The first-order valence-electron chi connectivity index (χ1n) is 11.5. The third-order valence-corrected chi connectivity index (χ3v) is 7.27. The predicted octanol–water partition coefficient (Wildman–Crippen LogP) is 6.00. The number of halogens is 2. The molecule has 0 N–H and O–H groups in total. The molecule has 0 radical (unpaired) electrons. The van der Waals surface area contributed by atoms with E-state index in [1.807, 2.05) is 53.6 Å². The normalized spacial score (nSPS) is 16.9. The number of aromatic nitrogens is 1. The molecule has 1 aromatic heterocycles. The van der Waals surface area contributed by atoms with Crippen molar-refractivity contribution in [2.45, 2.75) is 38.9 Å². The molecule has 5 rings (SSSR count). The molecule has 170 valence electrons. The highest BCUT2D eigenvalue weighted by Crippen LogP contribution is 2.33. The van der Waals surface area contributed by atoms with E-state index in [2.05, 4.69) is 22.0 Å². The largest absolute Gasteiger partial charge is 0.330 e. The highest BCUT2D eigenvalue weighted by atomic mass is 35.5. The molecule has 2 aliphatic heterocycles. The minimum absolute atomic E-state index is 0.0133. The molecule has 1 fully saturated rings. The fraction of sp³-hybridized carbons (Fsp3) is 0.333. The average molecular weight is 480 g/mol. The Kier molecular flexibility index (Phi) is 6.68. The molecule has 2 aromatic carbocycles. The van der Waals surface area contributed by atoms with E-state index in [1.54, 1.807) is 0 Å². The molecule has 0 aliphatic carbocycles. The number of benzene rings is 2. The van der Waals surface area contributed by atoms with Crippen molar-refractivity contribution in [2.75, 3.05) is 13.1 Å². The zero-order valence-corrected chi connectivity index (χ0v) is 20.0. The first-order chi connectivity index (χ1) is 16.0. The van der Waals surface area contributed by atoms with Crippen LogP contribution in [-0.4, -0.2) is 33.8 Å². The van der Waals surface area contributed by atoms with Gasteiger partial charge in [-0.15, -0.1) is 0 Å². The summed E-state index contributed by atoms with van der Waals surface area (Å²) in [5, 5.41) is 1.28. The van der Waals surface area contributed by atoms with Crippen LogP contribution < -0.4 is 0 Å². The van der Waals surface area contributed by atoms with E-state index < -0.39 is 0 Å². The lowest BCUT2D eigenvalue weighted by Gasteiger charge is -2.31. The van der Waals surface area contributed by atoms with Crippen molar-refractivity contribution in [3.63, 3.8) is 0 Å². The molecule has 6 heteroatoms. The number of pyridine rings is 1. The maximum atomic E-state index is 13.0. The summed E-state index contributed by atoms with van der Waals surface area (Å²) in [4.78, 5) is 21.8. The van der Waals surface area contributed by atoms with Crippen LogP contribution >= 0.6 is 23.2 Å². The molecule has 0 saturated carbocycles. The van der Waals surface area contributed by atoms with Crippen LogP contribution in [0, 0.1) is 5.92 Å². The number of carbonyl (C=O) groups is 1. The van der Waals surface area contributed by atoms with Crippen LogP contribution in [0.1, 0.15) is 45.6 Å². The first kappa shape index (κ1) is 22.4. The predicted molar refractivity (Wildman–Crippen MR) is 132 cm³/mol. The van der Waals surface area contributed by atoms with Crippen LogP contribution in [0.3, 0.4) is 0 Å². The van der Waals surface area contributed by atoms with Crippen molar-refractivity contribution in [2.24, 2.45) is 5.92 Å². The Balaban J connectivity index is 1.20. The molecular formula is C27H27Cl2N3O. The van der Waals surface area contributed by atoms with Crippen molar-refractivity contribution in [1.29, 1.82) is 0 Å². The lowest BCUT2D eigenvalue weighted by molar-refractivity contribution is 0.0767. The molecule has 1 amide bonds. The molecule has 0 bridgehead atoms. The second-order valence-corrected chi connectivity index (χ2v) is 9.99. The van der Waals surface area contributed by atoms with Gasteiger partial charge in [0.05, 0.1) is 16.3 Å². The van der Waals surface area contributed by atoms with Gasteiger partial charge in [-0.05, 0) is 85.3 Å².